The molecule has 8 heteroatoms. The van der Waals surface area contributed by atoms with E-state index in [1.54, 1.807) is 7.11 Å². The third-order valence-electron chi connectivity index (χ3n) is 7.42. The second-order valence-electron chi connectivity index (χ2n) is 10.2. The van der Waals surface area contributed by atoms with Gasteiger partial charge in [-0.25, -0.2) is 9.50 Å². The Morgan fingerprint density at radius 2 is 1.89 bits per heavy atom. The molecule has 1 saturated heterocycles. The van der Waals surface area contributed by atoms with Crippen LogP contribution in [0.25, 0.3) is 16.6 Å². The molecule has 188 valence electrons. The first-order chi connectivity index (χ1) is 17.1. The number of rotatable bonds is 8. The van der Waals surface area contributed by atoms with E-state index in [9.17, 15) is 5.11 Å². The van der Waals surface area contributed by atoms with Gasteiger partial charge in [0.15, 0.2) is 0 Å². The zero-order valence-corrected chi connectivity index (χ0v) is 21.0. The first-order valence-corrected chi connectivity index (χ1v) is 13.1. The molecule has 35 heavy (non-hydrogen) atoms. The number of methoxy groups -OCH3 is 1. The predicted octanol–water partition coefficient (Wildman–Crippen LogP) is 4.24. The fourth-order valence-electron chi connectivity index (χ4n) is 5.51. The van der Waals surface area contributed by atoms with Crippen molar-refractivity contribution in [3.05, 3.63) is 42.0 Å². The van der Waals surface area contributed by atoms with Gasteiger partial charge in [-0.05, 0) is 70.7 Å². The zero-order chi connectivity index (χ0) is 24.2. The molecule has 4 heterocycles. The zero-order valence-electron chi connectivity index (χ0n) is 21.0. The molecule has 2 N–H and O–H groups in total. The lowest BCUT2D eigenvalue weighted by Gasteiger charge is -2.25. The van der Waals surface area contributed by atoms with Crippen LogP contribution in [0.15, 0.2) is 30.6 Å². The molecule has 1 aliphatic heterocycles. The van der Waals surface area contributed by atoms with Crippen LogP contribution in [0.2, 0.25) is 0 Å². The second-order valence-corrected chi connectivity index (χ2v) is 10.2. The second kappa shape index (κ2) is 11.0. The molecule has 1 saturated carbocycles. The van der Waals surface area contributed by atoms with Crippen molar-refractivity contribution in [1.82, 2.24) is 24.5 Å². The molecule has 0 radical (unpaired) electrons. The Morgan fingerprint density at radius 1 is 1.09 bits per heavy atom. The van der Waals surface area contributed by atoms with Crippen LogP contribution >= 0.6 is 0 Å². The quantitative estimate of drug-likeness (QED) is 0.501. The van der Waals surface area contributed by atoms with Gasteiger partial charge >= 0.3 is 0 Å². The van der Waals surface area contributed by atoms with Crippen LogP contribution in [-0.2, 0) is 11.3 Å². The molecular formula is C27H38N6O2. The number of hydrogen-bond acceptors (Lipinski definition) is 7. The summed E-state index contributed by atoms with van der Waals surface area (Å²) in [6, 6.07) is 6.71. The minimum atomic E-state index is -0.185. The topological polar surface area (TPSA) is 87.8 Å². The number of aromatic nitrogens is 4. The van der Waals surface area contributed by atoms with E-state index in [0.717, 1.165) is 54.6 Å². The van der Waals surface area contributed by atoms with Crippen LogP contribution in [0.3, 0.4) is 0 Å². The van der Waals surface area contributed by atoms with E-state index in [1.165, 1.54) is 38.0 Å². The standard InChI is InChI=1S/C27H38N6O2/c1-19(18-35-2)30-27-29-16-26-24(14-25(33(26)31-27)20-7-10-23(34)11-8-20)21-6-9-22(28-15-21)17-32-12-4-3-5-13-32/h6,9,14-16,19-20,23,34H,3-5,7-8,10-13,17-18H2,1-2H3,(H,30,31)/t19-,20?,23?/m0/s1. The van der Waals surface area contributed by atoms with E-state index in [4.69, 9.17) is 14.8 Å². The number of anilines is 1. The Hall–Kier alpha value is -2.55. The Bertz CT molecular complexity index is 1100. The molecule has 3 aromatic heterocycles. The van der Waals surface area contributed by atoms with Crippen LogP contribution in [-0.4, -0.2) is 68.5 Å². The van der Waals surface area contributed by atoms with Gasteiger partial charge < -0.3 is 15.2 Å². The first-order valence-electron chi connectivity index (χ1n) is 13.1. The maximum Gasteiger partial charge on any atom is 0.241 e. The predicted molar refractivity (Wildman–Crippen MR) is 138 cm³/mol. The number of likely N-dealkylation sites (tertiary alicyclic amines) is 1. The van der Waals surface area contributed by atoms with Crippen molar-refractivity contribution in [2.75, 3.05) is 32.1 Å². The molecule has 1 atom stereocenters. The summed E-state index contributed by atoms with van der Waals surface area (Å²) in [5, 5.41) is 18.3. The maximum absolute atomic E-state index is 10.0. The van der Waals surface area contributed by atoms with Crippen molar-refractivity contribution in [2.24, 2.45) is 0 Å². The summed E-state index contributed by atoms with van der Waals surface area (Å²) in [7, 11) is 1.70. The molecular weight excluding hydrogens is 440 g/mol. The highest BCUT2D eigenvalue weighted by Crippen LogP contribution is 2.37. The normalized spacial score (nSPS) is 22.4. The summed E-state index contributed by atoms with van der Waals surface area (Å²) in [5.41, 5.74) is 5.49. The molecule has 8 nitrogen and oxygen atoms in total. The fourth-order valence-corrected chi connectivity index (χ4v) is 5.51. The van der Waals surface area contributed by atoms with E-state index in [1.807, 2.05) is 16.9 Å². The Morgan fingerprint density at radius 3 is 2.60 bits per heavy atom. The summed E-state index contributed by atoms with van der Waals surface area (Å²) in [6.07, 6.45) is 11.2. The molecule has 0 spiro atoms. The monoisotopic (exact) mass is 478 g/mol. The van der Waals surface area contributed by atoms with Gasteiger partial charge in [0, 0.05) is 48.6 Å². The van der Waals surface area contributed by atoms with E-state index in [0.29, 0.717) is 18.5 Å². The number of fused-ring (bicyclic) bond motifs is 1. The van der Waals surface area contributed by atoms with Crippen LogP contribution in [0.5, 0.6) is 0 Å². The lowest BCUT2D eigenvalue weighted by molar-refractivity contribution is 0.121. The van der Waals surface area contributed by atoms with Gasteiger partial charge in [-0.1, -0.05) is 12.5 Å². The van der Waals surface area contributed by atoms with Gasteiger partial charge in [-0.3, -0.25) is 9.88 Å². The number of pyridine rings is 1. The minimum Gasteiger partial charge on any atom is -0.393 e. The number of ether oxygens (including phenoxy) is 1. The number of piperidine rings is 1. The van der Waals surface area contributed by atoms with E-state index >= 15 is 0 Å². The highest BCUT2D eigenvalue weighted by Gasteiger charge is 2.26. The minimum absolute atomic E-state index is 0.109. The maximum atomic E-state index is 10.0. The van der Waals surface area contributed by atoms with Gasteiger partial charge in [0.25, 0.3) is 0 Å². The van der Waals surface area contributed by atoms with Gasteiger partial charge in [0.1, 0.15) is 0 Å². The van der Waals surface area contributed by atoms with Gasteiger partial charge in [0.05, 0.1) is 30.1 Å². The Kier molecular flexibility index (Phi) is 7.60. The summed E-state index contributed by atoms with van der Waals surface area (Å²) in [6.45, 7) is 5.90. The van der Waals surface area contributed by atoms with E-state index < -0.39 is 0 Å². The molecule has 0 amide bonds. The number of aliphatic hydroxyl groups excluding tert-OH is 1. The van der Waals surface area contributed by atoms with Crippen molar-refractivity contribution in [3.63, 3.8) is 0 Å². The molecule has 3 aromatic rings. The lowest BCUT2D eigenvalue weighted by Crippen LogP contribution is -2.29. The van der Waals surface area contributed by atoms with Crippen LogP contribution in [0, 0.1) is 0 Å². The average molecular weight is 479 g/mol. The van der Waals surface area contributed by atoms with E-state index in [2.05, 4.69) is 40.3 Å². The number of nitrogens with zero attached hydrogens (tertiary/aromatic N) is 5. The summed E-state index contributed by atoms with van der Waals surface area (Å²) in [4.78, 5) is 11.9. The SMILES string of the molecule is COC[C@H](C)Nc1ncc2c(-c3ccc(CN4CCCCC4)nc3)cc(C3CCC(O)CC3)n2n1. The third kappa shape index (κ3) is 5.66. The number of hydrogen-bond donors (Lipinski definition) is 2. The molecule has 0 unspecified atom stereocenters. The van der Waals surface area contributed by atoms with Crippen molar-refractivity contribution >= 4 is 11.5 Å². The highest BCUT2D eigenvalue weighted by molar-refractivity contribution is 5.81. The van der Waals surface area contributed by atoms with Crippen LogP contribution in [0.1, 0.15) is 69.2 Å². The number of aliphatic hydroxyl groups is 1. The number of nitrogens with one attached hydrogen (secondary N) is 1. The van der Waals surface area contributed by atoms with Crippen molar-refractivity contribution in [3.8, 4) is 11.1 Å². The molecule has 1 aliphatic carbocycles. The van der Waals surface area contributed by atoms with Gasteiger partial charge in [-0.2, -0.15) is 0 Å². The van der Waals surface area contributed by atoms with Crippen molar-refractivity contribution in [1.29, 1.82) is 0 Å². The molecule has 2 fully saturated rings. The first kappa shape index (κ1) is 24.2. The molecule has 0 bridgehead atoms. The smallest absolute Gasteiger partial charge is 0.241 e. The molecule has 5 rings (SSSR count). The highest BCUT2D eigenvalue weighted by atomic mass is 16.5. The van der Waals surface area contributed by atoms with Crippen molar-refractivity contribution in [2.45, 2.75) is 76.5 Å². The molecule has 0 aromatic carbocycles. The average Bonchev–Trinajstić information content (AvgIpc) is 3.24. The summed E-state index contributed by atoms with van der Waals surface area (Å²) in [5.74, 6) is 0.960. The molecule has 2 aliphatic rings. The third-order valence-corrected chi connectivity index (χ3v) is 7.42. The van der Waals surface area contributed by atoms with Gasteiger partial charge in [0.2, 0.25) is 5.95 Å². The lowest BCUT2D eigenvalue weighted by atomic mass is 9.85. The van der Waals surface area contributed by atoms with Crippen LogP contribution in [0.4, 0.5) is 5.95 Å². The van der Waals surface area contributed by atoms with E-state index in [-0.39, 0.29) is 12.1 Å². The van der Waals surface area contributed by atoms with Crippen LogP contribution < -0.4 is 5.32 Å². The Balaban J connectivity index is 1.45. The van der Waals surface area contributed by atoms with Crippen molar-refractivity contribution < 1.29 is 9.84 Å². The largest absolute Gasteiger partial charge is 0.393 e. The fraction of sp³-hybridized carbons (Fsp3) is 0.593. The summed E-state index contributed by atoms with van der Waals surface area (Å²) < 4.78 is 7.30. The summed E-state index contributed by atoms with van der Waals surface area (Å²) >= 11 is 0. The Labute approximate surface area is 207 Å². The van der Waals surface area contributed by atoms with Gasteiger partial charge in [-0.15, -0.1) is 5.10 Å².